The molecule has 7 heteroatoms. The molecule has 17 heavy (non-hydrogen) atoms. The van der Waals surface area contributed by atoms with Crippen LogP contribution in [0.15, 0.2) is 11.4 Å². The third kappa shape index (κ3) is 4.22. The number of hydrogen-bond donors (Lipinski definition) is 4. The second-order valence-corrected chi connectivity index (χ2v) is 4.10. The maximum Gasteiger partial charge on any atom is 0.353 e. The number of hydrogen-bond acceptors (Lipinski definition) is 6. The predicted molar refractivity (Wildman–Crippen MR) is 62.6 cm³/mol. The first-order chi connectivity index (χ1) is 8.02. The molecule has 0 bridgehead atoms. The Hall–Kier alpha value is -1.31. The number of nitrogens with one attached hydrogen (secondary N) is 1. The molecule has 7 nitrogen and oxygen atoms in total. The zero-order chi connectivity index (χ0) is 12.8. The molecule has 1 aliphatic heterocycles. The highest BCUT2D eigenvalue weighted by atomic mass is 16.5. The summed E-state index contributed by atoms with van der Waals surface area (Å²) in [6.45, 7) is 5.02. The summed E-state index contributed by atoms with van der Waals surface area (Å²) in [4.78, 5) is 10.7. The maximum atomic E-state index is 10.7. The molecule has 0 aromatic carbocycles. The van der Waals surface area contributed by atoms with Crippen LogP contribution in [0.1, 0.15) is 6.92 Å². The summed E-state index contributed by atoms with van der Waals surface area (Å²) in [6.07, 6.45) is 0. The van der Waals surface area contributed by atoms with Crippen molar-refractivity contribution in [3.05, 3.63) is 11.4 Å². The van der Waals surface area contributed by atoms with Crippen molar-refractivity contribution in [3.8, 4) is 0 Å². The largest absolute Gasteiger partial charge is 0.477 e. The van der Waals surface area contributed by atoms with Crippen LogP contribution >= 0.6 is 0 Å². The molecule has 6 N–H and O–H groups in total. The number of hydrazine groups is 1. The first kappa shape index (κ1) is 13.8. The first-order valence-electron chi connectivity index (χ1n) is 5.52. The Morgan fingerprint density at radius 1 is 1.65 bits per heavy atom. The van der Waals surface area contributed by atoms with Gasteiger partial charge in [-0.1, -0.05) is 0 Å². The van der Waals surface area contributed by atoms with E-state index < -0.39 is 5.97 Å². The number of carboxylic acids is 1. The topological polar surface area (TPSA) is 114 Å². The van der Waals surface area contributed by atoms with E-state index in [0.29, 0.717) is 25.5 Å². The third-order valence-corrected chi connectivity index (χ3v) is 2.72. The standard InChI is InChI=1S/C10H20N4O3/c1-7(9(11)10(15)16)14(12)5-8-4-13-2-3-17-6-8/h8,13H,2-6,11-12H2,1H3,(H,15,16)/b9-7-. The molecular weight excluding hydrogens is 224 g/mol. The highest BCUT2D eigenvalue weighted by molar-refractivity contribution is 5.86. The number of aliphatic carboxylic acids is 1. The van der Waals surface area contributed by atoms with E-state index in [-0.39, 0.29) is 11.6 Å². The van der Waals surface area contributed by atoms with Gasteiger partial charge in [-0.3, -0.25) is 0 Å². The SMILES string of the molecule is C/C(=C(/N)C(=O)O)N(N)CC1CNCCOC1. The summed E-state index contributed by atoms with van der Waals surface area (Å²) in [5, 5.41) is 13.3. The maximum absolute atomic E-state index is 10.7. The van der Waals surface area contributed by atoms with Gasteiger partial charge >= 0.3 is 5.97 Å². The lowest BCUT2D eigenvalue weighted by molar-refractivity contribution is -0.132. The average Bonchev–Trinajstić information content (AvgIpc) is 2.55. The van der Waals surface area contributed by atoms with E-state index in [2.05, 4.69) is 5.32 Å². The monoisotopic (exact) mass is 244 g/mol. The number of nitrogens with zero attached hydrogens (tertiary/aromatic N) is 1. The molecule has 1 heterocycles. The minimum absolute atomic E-state index is 0.221. The van der Waals surface area contributed by atoms with Crippen LogP contribution < -0.4 is 16.9 Å². The fourth-order valence-corrected chi connectivity index (χ4v) is 1.60. The Balaban J connectivity index is 2.55. The predicted octanol–water partition coefficient (Wildman–Crippen LogP) is -1.33. The lowest BCUT2D eigenvalue weighted by Gasteiger charge is -2.25. The van der Waals surface area contributed by atoms with Crippen molar-refractivity contribution in [2.24, 2.45) is 17.5 Å². The number of nitrogens with two attached hydrogens (primary N) is 2. The van der Waals surface area contributed by atoms with Gasteiger partial charge in [-0.15, -0.1) is 0 Å². The van der Waals surface area contributed by atoms with Gasteiger partial charge in [-0.2, -0.15) is 0 Å². The second kappa shape index (κ2) is 6.43. The van der Waals surface area contributed by atoms with E-state index in [9.17, 15) is 4.79 Å². The van der Waals surface area contributed by atoms with Crippen LogP contribution in [0.25, 0.3) is 0 Å². The van der Waals surface area contributed by atoms with E-state index in [1.165, 1.54) is 5.01 Å². The van der Waals surface area contributed by atoms with Crippen molar-refractivity contribution in [1.82, 2.24) is 10.3 Å². The lowest BCUT2D eigenvalue weighted by Crippen LogP contribution is -2.40. The molecule has 1 saturated heterocycles. The van der Waals surface area contributed by atoms with Crippen molar-refractivity contribution >= 4 is 5.97 Å². The number of carboxylic acid groups (broad SMARTS) is 1. The van der Waals surface area contributed by atoms with Crippen molar-refractivity contribution in [1.29, 1.82) is 0 Å². The van der Waals surface area contributed by atoms with Crippen LogP contribution in [0.3, 0.4) is 0 Å². The lowest BCUT2D eigenvalue weighted by atomic mass is 10.1. The Morgan fingerprint density at radius 2 is 2.35 bits per heavy atom. The molecule has 1 aliphatic rings. The van der Waals surface area contributed by atoms with Crippen molar-refractivity contribution in [2.45, 2.75) is 6.92 Å². The van der Waals surface area contributed by atoms with Gasteiger partial charge in [0.25, 0.3) is 0 Å². The van der Waals surface area contributed by atoms with Gasteiger partial charge in [0.2, 0.25) is 0 Å². The normalized spacial score (nSPS) is 22.6. The molecule has 98 valence electrons. The quantitative estimate of drug-likeness (QED) is 0.275. The van der Waals surface area contributed by atoms with Gasteiger partial charge in [0.1, 0.15) is 5.70 Å². The fraction of sp³-hybridized carbons (Fsp3) is 0.700. The molecule has 0 amide bonds. The smallest absolute Gasteiger partial charge is 0.353 e. The average molecular weight is 244 g/mol. The van der Waals surface area contributed by atoms with Crippen molar-refractivity contribution in [3.63, 3.8) is 0 Å². The second-order valence-electron chi connectivity index (χ2n) is 4.10. The molecular formula is C10H20N4O3. The third-order valence-electron chi connectivity index (χ3n) is 2.72. The summed E-state index contributed by atoms with van der Waals surface area (Å²) in [5.41, 5.74) is 5.54. The summed E-state index contributed by atoms with van der Waals surface area (Å²) >= 11 is 0. The molecule has 0 aliphatic carbocycles. The number of ether oxygens (including phenoxy) is 1. The summed E-state index contributed by atoms with van der Waals surface area (Å²) in [6, 6.07) is 0. The van der Waals surface area contributed by atoms with E-state index in [1.807, 2.05) is 0 Å². The van der Waals surface area contributed by atoms with E-state index >= 15 is 0 Å². The molecule has 1 atom stereocenters. The number of rotatable bonds is 4. The summed E-state index contributed by atoms with van der Waals surface area (Å²) in [7, 11) is 0. The van der Waals surface area contributed by atoms with Crippen LogP contribution in [-0.4, -0.2) is 48.9 Å². The highest BCUT2D eigenvalue weighted by Gasteiger charge is 2.17. The van der Waals surface area contributed by atoms with Crippen molar-refractivity contribution in [2.75, 3.05) is 32.8 Å². The van der Waals surface area contributed by atoms with E-state index in [0.717, 1.165) is 13.1 Å². The molecule has 1 rings (SSSR count). The van der Waals surface area contributed by atoms with E-state index in [4.69, 9.17) is 21.4 Å². The molecule has 1 unspecified atom stereocenters. The number of allylic oxidation sites excluding steroid dienone is 1. The Labute approximate surface area is 100 Å². The van der Waals surface area contributed by atoms with Gasteiger partial charge in [-0.05, 0) is 6.92 Å². The van der Waals surface area contributed by atoms with Gasteiger partial charge in [-0.25, -0.2) is 10.6 Å². The van der Waals surface area contributed by atoms with Crippen molar-refractivity contribution < 1.29 is 14.6 Å². The zero-order valence-electron chi connectivity index (χ0n) is 9.98. The summed E-state index contributed by atoms with van der Waals surface area (Å²) < 4.78 is 5.39. The molecule has 0 spiro atoms. The fourth-order valence-electron chi connectivity index (χ4n) is 1.60. The minimum atomic E-state index is -1.16. The zero-order valence-corrected chi connectivity index (χ0v) is 9.98. The van der Waals surface area contributed by atoms with Crippen LogP contribution in [0.5, 0.6) is 0 Å². The van der Waals surface area contributed by atoms with Crippen LogP contribution in [0, 0.1) is 5.92 Å². The first-order valence-corrected chi connectivity index (χ1v) is 5.52. The minimum Gasteiger partial charge on any atom is -0.477 e. The Kier molecular flexibility index (Phi) is 5.20. The molecule has 1 fully saturated rings. The molecule has 0 radical (unpaired) electrons. The molecule has 0 aromatic rings. The Bertz CT molecular complexity index is 298. The Morgan fingerprint density at radius 3 is 3.00 bits per heavy atom. The van der Waals surface area contributed by atoms with Gasteiger partial charge in [0, 0.05) is 25.6 Å². The van der Waals surface area contributed by atoms with Gasteiger partial charge in [0.15, 0.2) is 0 Å². The molecule has 0 saturated carbocycles. The van der Waals surface area contributed by atoms with Crippen LogP contribution in [-0.2, 0) is 9.53 Å². The van der Waals surface area contributed by atoms with Gasteiger partial charge < -0.3 is 25.9 Å². The van der Waals surface area contributed by atoms with Crippen LogP contribution in [0.2, 0.25) is 0 Å². The molecule has 0 aromatic heterocycles. The van der Waals surface area contributed by atoms with Crippen LogP contribution in [0.4, 0.5) is 0 Å². The van der Waals surface area contributed by atoms with E-state index in [1.54, 1.807) is 6.92 Å². The van der Waals surface area contributed by atoms with Gasteiger partial charge in [0.05, 0.1) is 18.9 Å². The number of carbonyl (C=O) groups is 1. The highest BCUT2D eigenvalue weighted by Crippen LogP contribution is 2.07. The summed E-state index contributed by atoms with van der Waals surface area (Å²) in [5.74, 6) is 4.85.